The van der Waals surface area contributed by atoms with Crippen LogP contribution in [0.15, 0.2) is 55.4 Å². The molecule has 0 saturated heterocycles. The zero-order valence-electron chi connectivity index (χ0n) is 15.9. The molecule has 1 aromatic carbocycles. The molecule has 3 aromatic rings. The van der Waals surface area contributed by atoms with Crippen molar-refractivity contribution in [2.75, 3.05) is 7.05 Å². The van der Waals surface area contributed by atoms with Gasteiger partial charge < -0.3 is 19.4 Å². The van der Waals surface area contributed by atoms with E-state index in [1.807, 2.05) is 45.7 Å². The molecule has 0 radical (unpaired) electrons. The molecular formula is C19H25N7O. The van der Waals surface area contributed by atoms with Gasteiger partial charge in [0.2, 0.25) is 0 Å². The third-order valence-electron chi connectivity index (χ3n) is 4.38. The highest BCUT2D eigenvalue weighted by Crippen LogP contribution is 2.16. The van der Waals surface area contributed by atoms with E-state index in [0.29, 0.717) is 13.1 Å². The normalized spacial score (nSPS) is 12.1. The summed E-state index contributed by atoms with van der Waals surface area (Å²) in [6.07, 6.45) is 7.06. The number of aromatic nitrogens is 5. The van der Waals surface area contributed by atoms with Crippen molar-refractivity contribution in [2.24, 2.45) is 0 Å². The van der Waals surface area contributed by atoms with Crippen LogP contribution in [0.25, 0.3) is 0 Å². The van der Waals surface area contributed by atoms with Gasteiger partial charge in [0.15, 0.2) is 5.82 Å². The molecule has 3 rings (SSSR count). The largest absolute Gasteiger partial charge is 0.335 e. The van der Waals surface area contributed by atoms with E-state index in [9.17, 15) is 4.79 Å². The predicted octanol–water partition coefficient (Wildman–Crippen LogP) is 2.64. The fraction of sp³-hybridized carbons (Fsp3) is 0.368. The van der Waals surface area contributed by atoms with Gasteiger partial charge in [0.25, 0.3) is 0 Å². The van der Waals surface area contributed by atoms with Gasteiger partial charge in [0, 0.05) is 32.0 Å². The maximum absolute atomic E-state index is 12.8. The monoisotopic (exact) mass is 367 g/mol. The van der Waals surface area contributed by atoms with Crippen LogP contribution in [-0.2, 0) is 13.1 Å². The Bertz CT molecular complexity index is 842. The van der Waals surface area contributed by atoms with Crippen LogP contribution in [-0.4, -0.2) is 42.3 Å². The average molecular weight is 367 g/mol. The minimum absolute atomic E-state index is 0.165. The zero-order chi connectivity index (χ0) is 19.2. The van der Waals surface area contributed by atoms with Crippen LogP contribution in [0.4, 0.5) is 4.79 Å². The third-order valence-corrected chi connectivity index (χ3v) is 4.38. The highest BCUT2D eigenvalue weighted by atomic mass is 16.2. The predicted molar refractivity (Wildman–Crippen MR) is 102 cm³/mol. The Labute approximate surface area is 158 Å². The maximum atomic E-state index is 12.8. The van der Waals surface area contributed by atoms with Crippen LogP contribution in [0, 0.1) is 0 Å². The molecule has 142 valence electrons. The number of urea groups is 1. The fourth-order valence-electron chi connectivity index (χ4n) is 2.88. The molecule has 2 aromatic heterocycles. The first-order chi connectivity index (χ1) is 13.0. The quantitative estimate of drug-likeness (QED) is 0.696. The Kier molecular flexibility index (Phi) is 5.85. The molecule has 8 heteroatoms. The van der Waals surface area contributed by atoms with Crippen molar-refractivity contribution in [3.8, 4) is 0 Å². The summed E-state index contributed by atoms with van der Waals surface area (Å²) >= 11 is 0. The summed E-state index contributed by atoms with van der Waals surface area (Å²) in [5.41, 5.74) is 1.04. The number of carbonyl (C=O) groups is 1. The Morgan fingerprint density at radius 2 is 2.00 bits per heavy atom. The van der Waals surface area contributed by atoms with Crippen molar-refractivity contribution in [3.05, 3.63) is 66.8 Å². The van der Waals surface area contributed by atoms with Crippen LogP contribution in [0.5, 0.6) is 0 Å². The first-order valence-electron chi connectivity index (χ1n) is 8.95. The lowest BCUT2D eigenvalue weighted by molar-refractivity contribution is 0.199. The van der Waals surface area contributed by atoms with Crippen LogP contribution in [0.1, 0.15) is 37.3 Å². The van der Waals surface area contributed by atoms with Gasteiger partial charge >= 0.3 is 6.03 Å². The highest BCUT2D eigenvalue weighted by molar-refractivity contribution is 5.74. The van der Waals surface area contributed by atoms with Crippen molar-refractivity contribution in [1.82, 2.24) is 34.5 Å². The molecule has 0 bridgehead atoms. The second-order valence-corrected chi connectivity index (χ2v) is 6.78. The first-order valence-corrected chi connectivity index (χ1v) is 8.95. The molecule has 0 fully saturated rings. The summed E-state index contributed by atoms with van der Waals surface area (Å²) in [6.45, 7) is 5.11. The van der Waals surface area contributed by atoms with E-state index in [1.165, 1.54) is 0 Å². The number of benzene rings is 1. The smallest absolute Gasteiger partial charge is 0.318 e. The van der Waals surface area contributed by atoms with Crippen molar-refractivity contribution < 1.29 is 4.79 Å². The van der Waals surface area contributed by atoms with E-state index >= 15 is 0 Å². The van der Waals surface area contributed by atoms with Crippen LogP contribution in [0.3, 0.4) is 0 Å². The lowest BCUT2D eigenvalue weighted by Gasteiger charge is -2.24. The molecular weight excluding hydrogens is 342 g/mol. The van der Waals surface area contributed by atoms with E-state index in [0.717, 1.165) is 11.4 Å². The Morgan fingerprint density at radius 3 is 2.67 bits per heavy atom. The zero-order valence-corrected chi connectivity index (χ0v) is 15.9. The van der Waals surface area contributed by atoms with Crippen molar-refractivity contribution in [3.63, 3.8) is 0 Å². The van der Waals surface area contributed by atoms with Crippen LogP contribution < -0.4 is 5.32 Å². The number of imidazole rings is 1. The molecule has 0 aliphatic heterocycles. The van der Waals surface area contributed by atoms with Gasteiger partial charge in [-0.1, -0.05) is 30.3 Å². The minimum Gasteiger partial charge on any atom is -0.335 e. The summed E-state index contributed by atoms with van der Waals surface area (Å²) in [6, 6.07) is 9.83. The Morgan fingerprint density at radius 1 is 1.22 bits per heavy atom. The Hall–Kier alpha value is -3.16. The molecule has 0 spiro atoms. The molecule has 0 aliphatic carbocycles. The Balaban J connectivity index is 1.70. The standard InChI is InChI=1S/C19H25N7O/c1-15(2)26-14-21-23-18(26)12-24(3)19(27)22-17(11-25-10-9-20-13-25)16-7-5-4-6-8-16/h4-10,13-15,17H,11-12H2,1-3H3,(H,22,27)/t17-/m1/s1. The van der Waals surface area contributed by atoms with E-state index in [1.54, 1.807) is 30.8 Å². The van der Waals surface area contributed by atoms with Crippen molar-refractivity contribution in [1.29, 1.82) is 0 Å². The molecule has 0 saturated carbocycles. The van der Waals surface area contributed by atoms with Crippen LogP contribution in [0.2, 0.25) is 0 Å². The van der Waals surface area contributed by atoms with Gasteiger partial charge in [-0.15, -0.1) is 10.2 Å². The number of nitrogens with zero attached hydrogens (tertiary/aromatic N) is 6. The molecule has 1 N–H and O–H groups in total. The summed E-state index contributed by atoms with van der Waals surface area (Å²) in [7, 11) is 1.76. The highest BCUT2D eigenvalue weighted by Gasteiger charge is 2.19. The van der Waals surface area contributed by atoms with Gasteiger partial charge in [-0.3, -0.25) is 0 Å². The average Bonchev–Trinajstić information content (AvgIpc) is 3.33. The number of hydrogen-bond acceptors (Lipinski definition) is 4. The molecule has 0 unspecified atom stereocenters. The molecule has 8 nitrogen and oxygen atoms in total. The fourth-order valence-corrected chi connectivity index (χ4v) is 2.88. The number of hydrogen-bond donors (Lipinski definition) is 1. The number of amides is 2. The van der Waals surface area contributed by atoms with E-state index in [2.05, 4.69) is 34.3 Å². The van der Waals surface area contributed by atoms with Crippen LogP contribution >= 0.6 is 0 Å². The summed E-state index contributed by atoms with van der Waals surface area (Å²) in [5, 5.41) is 11.2. The topological polar surface area (TPSA) is 80.9 Å². The van der Waals surface area contributed by atoms with Gasteiger partial charge in [-0.2, -0.15) is 0 Å². The summed E-state index contributed by atoms with van der Waals surface area (Å²) in [5.74, 6) is 0.758. The SMILES string of the molecule is CC(C)n1cnnc1CN(C)C(=O)N[C@H](Cn1ccnc1)c1ccccc1. The number of carbonyl (C=O) groups excluding carboxylic acids is 1. The summed E-state index contributed by atoms with van der Waals surface area (Å²) in [4.78, 5) is 18.5. The lowest BCUT2D eigenvalue weighted by Crippen LogP contribution is -2.40. The second-order valence-electron chi connectivity index (χ2n) is 6.78. The molecule has 27 heavy (non-hydrogen) atoms. The minimum atomic E-state index is -0.168. The van der Waals surface area contributed by atoms with Gasteiger partial charge in [-0.05, 0) is 19.4 Å². The van der Waals surface area contributed by atoms with E-state index in [4.69, 9.17) is 0 Å². The third kappa shape index (κ3) is 4.72. The number of nitrogens with one attached hydrogen (secondary N) is 1. The molecule has 2 amide bonds. The molecule has 2 heterocycles. The lowest BCUT2D eigenvalue weighted by atomic mass is 10.1. The number of rotatable bonds is 7. The van der Waals surface area contributed by atoms with Gasteiger partial charge in [-0.25, -0.2) is 9.78 Å². The van der Waals surface area contributed by atoms with Crippen molar-refractivity contribution >= 4 is 6.03 Å². The second kappa shape index (κ2) is 8.48. The van der Waals surface area contributed by atoms with Gasteiger partial charge in [0.1, 0.15) is 6.33 Å². The molecule has 0 aliphatic rings. The first kappa shape index (κ1) is 18.6. The molecule has 1 atom stereocenters. The van der Waals surface area contributed by atoms with E-state index in [-0.39, 0.29) is 18.1 Å². The summed E-state index contributed by atoms with van der Waals surface area (Å²) < 4.78 is 3.91. The van der Waals surface area contributed by atoms with Crippen molar-refractivity contribution in [2.45, 2.75) is 39.0 Å². The maximum Gasteiger partial charge on any atom is 0.318 e. The van der Waals surface area contributed by atoms with Gasteiger partial charge in [0.05, 0.1) is 18.9 Å². The van der Waals surface area contributed by atoms with E-state index < -0.39 is 0 Å².